The number of carbonyl (C=O) groups is 4. The second-order valence-electron chi connectivity index (χ2n) is 5.26. The fourth-order valence-corrected chi connectivity index (χ4v) is 2.32. The molecule has 6 nitrogen and oxygen atoms in total. The van der Waals surface area contributed by atoms with Crippen molar-refractivity contribution in [2.24, 2.45) is 0 Å². The first-order chi connectivity index (χ1) is 12.1. The third-order valence-corrected chi connectivity index (χ3v) is 3.60. The summed E-state index contributed by atoms with van der Waals surface area (Å²) in [5.74, 6) is -1.83. The van der Waals surface area contributed by atoms with Crippen molar-refractivity contribution >= 4 is 29.3 Å². The van der Waals surface area contributed by atoms with Gasteiger partial charge in [0.1, 0.15) is 0 Å². The van der Waals surface area contributed by atoms with Gasteiger partial charge < -0.3 is 4.74 Å². The fraction of sp³-hybridized carbons (Fsp3) is 0.0526. The number of rotatable bonds is 5. The van der Waals surface area contributed by atoms with E-state index in [0.717, 1.165) is 4.90 Å². The minimum absolute atomic E-state index is 0.219. The van der Waals surface area contributed by atoms with Gasteiger partial charge in [-0.15, -0.1) is 0 Å². The van der Waals surface area contributed by atoms with Gasteiger partial charge in [0.05, 0.1) is 11.3 Å². The van der Waals surface area contributed by atoms with E-state index in [0.29, 0.717) is 11.3 Å². The Morgan fingerprint density at radius 1 is 0.800 bits per heavy atom. The van der Waals surface area contributed by atoms with E-state index in [2.05, 4.69) is 0 Å². The maximum Gasteiger partial charge on any atom is 0.338 e. The van der Waals surface area contributed by atoms with Crippen LogP contribution in [0.3, 0.4) is 0 Å². The molecule has 124 valence electrons. The summed E-state index contributed by atoms with van der Waals surface area (Å²) in [4.78, 5) is 48.1. The number of Topliss-reactive ketones (excluding diaryl/α,β-unsaturated/α-hetero) is 1. The summed E-state index contributed by atoms with van der Waals surface area (Å²) in [6, 6.07) is 14.3. The Hall–Kier alpha value is -3.54. The summed E-state index contributed by atoms with van der Waals surface area (Å²) in [5, 5.41) is 0. The molecule has 1 aliphatic rings. The normalized spacial score (nSPS) is 13.2. The van der Waals surface area contributed by atoms with E-state index in [1.54, 1.807) is 30.3 Å². The zero-order chi connectivity index (χ0) is 17.8. The van der Waals surface area contributed by atoms with Crippen molar-refractivity contribution in [2.75, 3.05) is 11.5 Å². The van der Waals surface area contributed by atoms with E-state index in [-0.39, 0.29) is 18.0 Å². The van der Waals surface area contributed by atoms with E-state index in [4.69, 9.17) is 4.74 Å². The lowest BCUT2D eigenvalue weighted by molar-refractivity contribution is -0.119. The molecule has 0 atom stereocenters. The van der Waals surface area contributed by atoms with Crippen LogP contribution >= 0.6 is 0 Å². The summed E-state index contributed by atoms with van der Waals surface area (Å²) in [7, 11) is 0. The van der Waals surface area contributed by atoms with Crippen molar-refractivity contribution < 1.29 is 23.9 Å². The molecule has 0 aliphatic carbocycles. The Morgan fingerprint density at radius 2 is 1.40 bits per heavy atom. The molecule has 0 bridgehead atoms. The molecular weight excluding hydrogens is 322 g/mol. The number of ether oxygens (including phenoxy) is 1. The lowest BCUT2D eigenvalue weighted by atomic mass is 10.1. The number of anilines is 1. The van der Waals surface area contributed by atoms with Gasteiger partial charge in [-0.3, -0.25) is 14.4 Å². The SMILES string of the molecule is O=C(COC(=O)c1ccc(N2C(=O)C=CC2=O)cc1)c1ccccc1. The minimum Gasteiger partial charge on any atom is -0.454 e. The zero-order valence-electron chi connectivity index (χ0n) is 13.0. The maximum absolute atomic E-state index is 12.0. The molecule has 3 rings (SSSR count). The average molecular weight is 335 g/mol. The summed E-state index contributed by atoms with van der Waals surface area (Å²) in [5.41, 5.74) is 1.04. The Labute approximate surface area is 143 Å². The van der Waals surface area contributed by atoms with Crippen LogP contribution in [0.1, 0.15) is 20.7 Å². The topological polar surface area (TPSA) is 80.8 Å². The Balaban J connectivity index is 1.62. The summed E-state index contributed by atoms with van der Waals surface area (Å²) < 4.78 is 5.00. The first-order valence-electron chi connectivity index (χ1n) is 7.48. The minimum atomic E-state index is -0.659. The first-order valence-corrected chi connectivity index (χ1v) is 7.48. The highest BCUT2D eigenvalue weighted by molar-refractivity contribution is 6.28. The molecule has 0 radical (unpaired) electrons. The molecule has 25 heavy (non-hydrogen) atoms. The number of esters is 1. The Bertz CT molecular complexity index is 850. The lowest BCUT2D eigenvalue weighted by Gasteiger charge is -2.13. The number of imide groups is 1. The van der Waals surface area contributed by atoms with Crippen molar-refractivity contribution in [1.29, 1.82) is 0 Å². The molecular formula is C19H13NO5. The van der Waals surface area contributed by atoms with Gasteiger partial charge in [0.2, 0.25) is 0 Å². The molecule has 0 unspecified atom stereocenters. The van der Waals surface area contributed by atoms with Crippen LogP contribution in [-0.2, 0) is 14.3 Å². The second kappa shape index (κ2) is 6.92. The van der Waals surface area contributed by atoms with Crippen molar-refractivity contribution in [3.05, 3.63) is 77.9 Å². The average Bonchev–Trinajstić information content (AvgIpc) is 2.98. The monoisotopic (exact) mass is 335 g/mol. The molecule has 1 heterocycles. The van der Waals surface area contributed by atoms with Crippen LogP contribution < -0.4 is 4.90 Å². The number of hydrogen-bond donors (Lipinski definition) is 0. The van der Waals surface area contributed by atoms with Crippen LogP contribution in [-0.4, -0.2) is 30.2 Å². The number of ketones is 1. The maximum atomic E-state index is 12.0. The predicted octanol–water partition coefficient (Wildman–Crippen LogP) is 2.16. The van der Waals surface area contributed by atoms with Gasteiger partial charge in [-0.2, -0.15) is 0 Å². The van der Waals surface area contributed by atoms with Gasteiger partial charge in [0.25, 0.3) is 11.8 Å². The van der Waals surface area contributed by atoms with Crippen LogP contribution in [0.2, 0.25) is 0 Å². The lowest BCUT2D eigenvalue weighted by Crippen LogP contribution is -2.29. The van der Waals surface area contributed by atoms with E-state index in [1.807, 2.05) is 0 Å². The van der Waals surface area contributed by atoms with Crippen LogP contribution in [0.15, 0.2) is 66.7 Å². The molecule has 6 heteroatoms. The van der Waals surface area contributed by atoms with Crippen LogP contribution in [0.4, 0.5) is 5.69 Å². The summed E-state index contributed by atoms with van der Waals surface area (Å²) >= 11 is 0. The van der Waals surface area contributed by atoms with Gasteiger partial charge in [-0.25, -0.2) is 9.69 Å². The van der Waals surface area contributed by atoms with Crippen LogP contribution in [0.25, 0.3) is 0 Å². The van der Waals surface area contributed by atoms with Gasteiger partial charge in [-0.1, -0.05) is 30.3 Å². The van der Waals surface area contributed by atoms with E-state index < -0.39 is 17.8 Å². The van der Waals surface area contributed by atoms with Crippen LogP contribution in [0, 0.1) is 0 Å². The third-order valence-electron chi connectivity index (χ3n) is 3.60. The zero-order valence-corrected chi connectivity index (χ0v) is 13.0. The van der Waals surface area contributed by atoms with Gasteiger partial charge >= 0.3 is 5.97 Å². The smallest absolute Gasteiger partial charge is 0.338 e. The molecule has 0 N–H and O–H groups in total. The van der Waals surface area contributed by atoms with E-state index in [9.17, 15) is 19.2 Å². The highest BCUT2D eigenvalue weighted by Gasteiger charge is 2.25. The molecule has 1 aliphatic heterocycles. The molecule has 0 saturated carbocycles. The first kappa shape index (κ1) is 16.3. The van der Waals surface area contributed by atoms with Crippen molar-refractivity contribution in [2.45, 2.75) is 0 Å². The number of hydrogen-bond acceptors (Lipinski definition) is 5. The van der Waals surface area contributed by atoms with E-state index >= 15 is 0 Å². The number of carbonyl (C=O) groups excluding carboxylic acids is 4. The fourth-order valence-electron chi connectivity index (χ4n) is 2.32. The third kappa shape index (κ3) is 3.53. The molecule has 2 aromatic rings. The molecule has 2 aromatic carbocycles. The Kier molecular flexibility index (Phi) is 4.52. The standard InChI is InChI=1S/C19H13NO5/c21-16(13-4-2-1-3-5-13)12-25-19(24)14-6-8-15(9-7-14)20-17(22)10-11-18(20)23/h1-11H,12H2. The number of nitrogens with zero attached hydrogens (tertiary/aromatic N) is 1. The summed E-state index contributed by atoms with van der Waals surface area (Å²) in [6.45, 7) is -0.363. The van der Waals surface area contributed by atoms with Gasteiger partial charge in [-0.05, 0) is 24.3 Å². The van der Waals surface area contributed by atoms with Crippen molar-refractivity contribution in [1.82, 2.24) is 0 Å². The highest BCUT2D eigenvalue weighted by Crippen LogP contribution is 2.19. The number of amides is 2. The largest absolute Gasteiger partial charge is 0.454 e. The predicted molar refractivity (Wildman–Crippen MR) is 89.1 cm³/mol. The molecule has 0 fully saturated rings. The van der Waals surface area contributed by atoms with Crippen LogP contribution in [0.5, 0.6) is 0 Å². The second-order valence-corrected chi connectivity index (χ2v) is 5.26. The van der Waals surface area contributed by atoms with Crippen molar-refractivity contribution in [3.8, 4) is 0 Å². The number of benzene rings is 2. The molecule has 0 saturated heterocycles. The van der Waals surface area contributed by atoms with E-state index in [1.165, 1.54) is 36.4 Å². The summed E-state index contributed by atoms with van der Waals surface area (Å²) in [6.07, 6.45) is 2.36. The molecule has 2 amide bonds. The highest BCUT2D eigenvalue weighted by atomic mass is 16.5. The van der Waals surface area contributed by atoms with Gasteiger partial charge in [0.15, 0.2) is 12.4 Å². The Morgan fingerprint density at radius 3 is 2.00 bits per heavy atom. The quantitative estimate of drug-likeness (QED) is 0.475. The van der Waals surface area contributed by atoms with Gasteiger partial charge in [0, 0.05) is 17.7 Å². The molecule has 0 spiro atoms. The molecule has 0 aromatic heterocycles. The van der Waals surface area contributed by atoms with Crippen molar-refractivity contribution in [3.63, 3.8) is 0 Å².